The molecule has 0 saturated heterocycles. The highest BCUT2D eigenvalue weighted by Crippen LogP contribution is 2.16. The highest BCUT2D eigenvalue weighted by molar-refractivity contribution is 5.16. The standard InChI is InChI=1S/C16H20O/c1-3-5-7-12-15(4-2)16(17)13-14-10-8-6-9-11-14/h3-11,15-17H,1-2,12-13H2. The summed E-state index contributed by atoms with van der Waals surface area (Å²) in [5, 5.41) is 10.1. The third kappa shape index (κ3) is 4.83. The van der Waals surface area contributed by atoms with Crippen LogP contribution in [-0.2, 0) is 6.42 Å². The zero-order valence-corrected chi connectivity index (χ0v) is 10.1. The van der Waals surface area contributed by atoms with Crippen LogP contribution in [0.1, 0.15) is 12.0 Å². The van der Waals surface area contributed by atoms with Gasteiger partial charge < -0.3 is 5.11 Å². The third-order valence-corrected chi connectivity index (χ3v) is 2.77. The first kappa shape index (κ1) is 13.5. The van der Waals surface area contributed by atoms with Gasteiger partial charge in [-0.15, -0.1) is 6.58 Å². The summed E-state index contributed by atoms with van der Waals surface area (Å²) in [4.78, 5) is 0. The Morgan fingerprint density at radius 3 is 2.47 bits per heavy atom. The fraction of sp³-hybridized carbons (Fsp3) is 0.250. The molecule has 1 aromatic rings. The molecule has 1 rings (SSSR count). The van der Waals surface area contributed by atoms with Crippen molar-refractivity contribution in [3.63, 3.8) is 0 Å². The Labute approximate surface area is 104 Å². The van der Waals surface area contributed by atoms with Gasteiger partial charge in [-0.3, -0.25) is 0 Å². The summed E-state index contributed by atoms with van der Waals surface area (Å²) in [7, 11) is 0. The fourth-order valence-corrected chi connectivity index (χ4v) is 1.75. The van der Waals surface area contributed by atoms with E-state index in [2.05, 4.69) is 13.2 Å². The van der Waals surface area contributed by atoms with E-state index in [-0.39, 0.29) is 12.0 Å². The van der Waals surface area contributed by atoms with Crippen LogP contribution in [0.5, 0.6) is 0 Å². The smallest absolute Gasteiger partial charge is 0.0645 e. The first-order chi connectivity index (χ1) is 8.27. The van der Waals surface area contributed by atoms with E-state index < -0.39 is 0 Å². The molecule has 0 bridgehead atoms. The maximum absolute atomic E-state index is 10.1. The van der Waals surface area contributed by atoms with Crippen LogP contribution in [0, 0.1) is 5.92 Å². The Hall–Kier alpha value is -1.60. The molecule has 0 saturated carbocycles. The predicted octanol–water partition coefficient (Wildman–Crippen LogP) is 3.52. The van der Waals surface area contributed by atoms with Gasteiger partial charge in [-0.1, -0.05) is 61.2 Å². The SMILES string of the molecule is C=CC=CCC(C=C)C(O)Cc1ccccc1. The van der Waals surface area contributed by atoms with Gasteiger partial charge in [-0.25, -0.2) is 0 Å². The molecule has 2 unspecified atom stereocenters. The minimum Gasteiger partial charge on any atom is -0.392 e. The van der Waals surface area contributed by atoms with Crippen LogP contribution < -0.4 is 0 Å². The van der Waals surface area contributed by atoms with Gasteiger partial charge in [-0.05, 0) is 18.4 Å². The van der Waals surface area contributed by atoms with Gasteiger partial charge in [-0.2, -0.15) is 0 Å². The highest BCUT2D eigenvalue weighted by atomic mass is 16.3. The molecular formula is C16H20O. The van der Waals surface area contributed by atoms with Crippen molar-refractivity contribution in [2.75, 3.05) is 0 Å². The molecule has 1 N–H and O–H groups in total. The number of hydrogen-bond donors (Lipinski definition) is 1. The largest absolute Gasteiger partial charge is 0.392 e. The van der Waals surface area contributed by atoms with Crippen LogP contribution in [0.15, 0.2) is 67.8 Å². The normalized spacial score (nSPS) is 14.4. The third-order valence-electron chi connectivity index (χ3n) is 2.77. The van der Waals surface area contributed by atoms with E-state index in [1.54, 1.807) is 6.08 Å². The van der Waals surface area contributed by atoms with Crippen LogP contribution in [0.2, 0.25) is 0 Å². The number of allylic oxidation sites excluding steroid dienone is 3. The molecule has 1 nitrogen and oxygen atoms in total. The van der Waals surface area contributed by atoms with Crippen LogP contribution in [-0.4, -0.2) is 11.2 Å². The lowest BCUT2D eigenvalue weighted by molar-refractivity contribution is 0.131. The van der Waals surface area contributed by atoms with E-state index in [0.29, 0.717) is 6.42 Å². The van der Waals surface area contributed by atoms with Gasteiger partial charge >= 0.3 is 0 Å². The molecule has 90 valence electrons. The van der Waals surface area contributed by atoms with Crippen molar-refractivity contribution < 1.29 is 5.11 Å². The zero-order chi connectivity index (χ0) is 12.5. The Balaban J connectivity index is 2.54. The quantitative estimate of drug-likeness (QED) is 0.559. The van der Waals surface area contributed by atoms with Crippen LogP contribution in [0.25, 0.3) is 0 Å². The number of hydrogen-bond acceptors (Lipinski definition) is 1. The van der Waals surface area contributed by atoms with Crippen molar-refractivity contribution >= 4 is 0 Å². The van der Waals surface area contributed by atoms with E-state index in [4.69, 9.17) is 0 Å². The molecule has 17 heavy (non-hydrogen) atoms. The van der Waals surface area contributed by atoms with Crippen molar-refractivity contribution in [2.24, 2.45) is 5.92 Å². The van der Waals surface area contributed by atoms with Crippen LogP contribution >= 0.6 is 0 Å². The monoisotopic (exact) mass is 228 g/mol. The summed E-state index contributed by atoms with van der Waals surface area (Å²) in [5.74, 6) is 0.0893. The predicted molar refractivity (Wildman–Crippen MR) is 73.8 cm³/mol. The summed E-state index contributed by atoms with van der Waals surface area (Å²) in [6.07, 6.45) is 8.54. The van der Waals surface area contributed by atoms with Crippen molar-refractivity contribution in [1.82, 2.24) is 0 Å². The molecule has 2 atom stereocenters. The topological polar surface area (TPSA) is 20.2 Å². The van der Waals surface area contributed by atoms with Gasteiger partial charge in [0, 0.05) is 5.92 Å². The van der Waals surface area contributed by atoms with Gasteiger partial charge in [0.1, 0.15) is 0 Å². The van der Waals surface area contributed by atoms with Gasteiger partial charge in [0.05, 0.1) is 6.10 Å². The van der Waals surface area contributed by atoms with E-state index in [0.717, 1.165) is 12.0 Å². The average molecular weight is 228 g/mol. The lowest BCUT2D eigenvalue weighted by atomic mass is 9.93. The molecule has 0 aliphatic rings. The zero-order valence-electron chi connectivity index (χ0n) is 10.1. The number of aliphatic hydroxyl groups excluding tert-OH is 1. The Bertz CT molecular complexity index is 364. The molecule has 0 fully saturated rings. The number of aliphatic hydroxyl groups is 1. The lowest BCUT2D eigenvalue weighted by Crippen LogP contribution is -2.20. The van der Waals surface area contributed by atoms with E-state index in [1.165, 1.54) is 0 Å². The number of benzene rings is 1. The molecule has 0 aromatic heterocycles. The van der Waals surface area contributed by atoms with E-state index >= 15 is 0 Å². The van der Waals surface area contributed by atoms with Gasteiger partial charge in [0.15, 0.2) is 0 Å². The summed E-state index contributed by atoms with van der Waals surface area (Å²) >= 11 is 0. The number of rotatable bonds is 7. The maximum Gasteiger partial charge on any atom is 0.0645 e. The molecular weight excluding hydrogens is 208 g/mol. The molecule has 0 aliphatic heterocycles. The first-order valence-electron chi connectivity index (χ1n) is 5.90. The molecule has 0 amide bonds. The van der Waals surface area contributed by atoms with E-state index in [9.17, 15) is 5.11 Å². The second-order valence-corrected chi connectivity index (χ2v) is 4.06. The maximum atomic E-state index is 10.1. The average Bonchev–Trinajstić information content (AvgIpc) is 2.36. The van der Waals surface area contributed by atoms with Crippen molar-refractivity contribution in [3.05, 3.63) is 73.4 Å². The fourth-order valence-electron chi connectivity index (χ4n) is 1.75. The van der Waals surface area contributed by atoms with E-state index in [1.807, 2.05) is 48.6 Å². The summed E-state index contributed by atoms with van der Waals surface area (Å²) in [5.41, 5.74) is 1.15. The first-order valence-corrected chi connectivity index (χ1v) is 5.90. The van der Waals surface area contributed by atoms with Crippen LogP contribution in [0.4, 0.5) is 0 Å². The Kier molecular flexibility index (Phi) is 6.05. The summed E-state index contributed by atoms with van der Waals surface area (Å²) < 4.78 is 0. The van der Waals surface area contributed by atoms with Gasteiger partial charge in [0.2, 0.25) is 0 Å². The summed E-state index contributed by atoms with van der Waals surface area (Å²) in [6, 6.07) is 10.0. The highest BCUT2D eigenvalue weighted by Gasteiger charge is 2.14. The Morgan fingerprint density at radius 2 is 1.88 bits per heavy atom. The molecule has 0 heterocycles. The van der Waals surface area contributed by atoms with Crippen LogP contribution in [0.3, 0.4) is 0 Å². The second kappa shape index (κ2) is 7.64. The van der Waals surface area contributed by atoms with Crippen molar-refractivity contribution in [2.45, 2.75) is 18.9 Å². The molecule has 0 radical (unpaired) electrons. The molecule has 0 spiro atoms. The lowest BCUT2D eigenvalue weighted by Gasteiger charge is -2.18. The molecule has 1 aromatic carbocycles. The molecule has 0 aliphatic carbocycles. The van der Waals surface area contributed by atoms with Crippen molar-refractivity contribution in [3.8, 4) is 0 Å². The minimum absolute atomic E-state index is 0.0893. The summed E-state index contributed by atoms with van der Waals surface area (Å²) in [6.45, 7) is 7.40. The Morgan fingerprint density at radius 1 is 1.18 bits per heavy atom. The molecule has 1 heteroatoms. The minimum atomic E-state index is -0.385. The van der Waals surface area contributed by atoms with Gasteiger partial charge in [0.25, 0.3) is 0 Å². The van der Waals surface area contributed by atoms with Crippen molar-refractivity contribution in [1.29, 1.82) is 0 Å². The second-order valence-electron chi connectivity index (χ2n) is 4.06.